The molecule has 0 unspecified atom stereocenters. The van der Waals surface area contributed by atoms with E-state index in [2.05, 4.69) is 28.0 Å². The first-order valence-electron chi connectivity index (χ1n) is 6.43. The van der Waals surface area contributed by atoms with Crippen LogP contribution >= 0.6 is 34.2 Å². The van der Waals surface area contributed by atoms with E-state index in [-0.39, 0.29) is 11.5 Å². The summed E-state index contributed by atoms with van der Waals surface area (Å²) in [5, 5.41) is 1.79. The topological polar surface area (TPSA) is 49.4 Å². The Balaban J connectivity index is 1.93. The molecular formula is C16H10ClIN2O2. The summed E-state index contributed by atoms with van der Waals surface area (Å²) in [5.41, 5.74) is 4.04. The minimum absolute atomic E-state index is 0.108. The van der Waals surface area contributed by atoms with Gasteiger partial charge in [0.2, 0.25) is 0 Å². The monoisotopic (exact) mass is 424 g/mol. The van der Waals surface area contributed by atoms with Gasteiger partial charge in [-0.05, 0) is 70.6 Å². The minimum Gasteiger partial charge on any atom is -0.267 e. The summed E-state index contributed by atoms with van der Waals surface area (Å²) in [5.74, 6) is -0.801. The van der Waals surface area contributed by atoms with Gasteiger partial charge in [-0.25, -0.2) is 5.01 Å². The van der Waals surface area contributed by atoms with Gasteiger partial charge in [0.25, 0.3) is 11.8 Å². The average Bonchev–Trinajstić information content (AvgIpc) is 2.76. The van der Waals surface area contributed by atoms with Crippen LogP contribution in [0.1, 0.15) is 5.56 Å². The second-order valence-corrected chi connectivity index (χ2v) is 6.35. The SMILES string of the molecule is O=C1NN(c2ccc(Cl)cc2)C(=O)C1=Cc1cccc(I)c1. The van der Waals surface area contributed by atoms with Crippen LogP contribution in [0.3, 0.4) is 0 Å². The van der Waals surface area contributed by atoms with Crippen molar-refractivity contribution in [2.45, 2.75) is 0 Å². The number of hydrogen-bond acceptors (Lipinski definition) is 2. The quantitative estimate of drug-likeness (QED) is 0.456. The first-order valence-corrected chi connectivity index (χ1v) is 7.88. The molecule has 0 spiro atoms. The van der Waals surface area contributed by atoms with E-state index in [9.17, 15) is 9.59 Å². The van der Waals surface area contributed by atoms with Gasteiger partial charge in [0.05, 0.1) is 5.69 Å². The van der Waals surface area contributed by atoms with Crippen molar-refractivity contribution < 1.29 is 9.59 Å². The van der Waals surface area contributed by atoms with Crippen molar-refractivity contribution in [3.8, 4) is 0 Å². The van der Waals surface area contributed by atoms with Crippen LogP contribution in [0.25, 0.3) is 6.08 Å². The zero-order chi connectivity index (χ0) is 15.7. The van der Waals surface area contributed by atoms with Crippen LogP contribution in [0, 0.1) is 3.57 Å². The fourth-order valence-corrected chi connectivity index (χ4v) is 2.79. The van der Waals surface area contributed by atoms with Crippen LogP contribution in [0.15, 0.2) is 54.1 Å². The molecule has 3 rings (SSSR count). The highest BCUT2D eigenvalue weighted by Crippen LogP contribution is 2.23. The number of rotatable bonds is 2. The molecule has 0 radical (unpaired) electrons. The summed E-state index contributed by atoms with van der Waals surface area (Å²) in [7, 11) is 0. The van der Waals surface area contributed by atoms with Crippen molar-refractivity contribution in [2.24, 2.45) is 0 Å². The van der Waals surface area contributed by atoms with Crippen molar-refractivity contribution in [3.63, 3.8) is 0 Å². The van der Waals surface area contributed by atoms with E-state index in [0.29, 0.717) is 10.7 Å². The van der Waals surface area contributed by atoms with E-state index in [1.165, 1.54) is 5.01 Å². The molecule has 110 valence electrons. The molecule has 1 N–H and O–H groups in total. The number of nitrogens with one attached hydrogen (secondary N) is 1. The minimum atomic E-state index is -0.418. The summed E-state index contributed by atoms with van der Waals surface area (Å²) in [4.78, 5) is 24.5. The number of carbonyl (C=O) groups excluding carboxylic acids is 2. The Hall–Kier alpha value is -1.86. The van der Waals surface area contributed by atoms with Crippen LogP contribution in [-0.2, 0) is 9.59 Å². The molecule has 0 aliphatic carbocycles. The van der Waals surface area contributed by atoms with Gasteiger partial charge in [0.1, 0.15) is 5.57 Å². The second kappa shape index (κ2) is 6.10. The van der Waals surface area contributed by atoms with Crippen LogP contribution in [0.2, 0.25) is 5.02 Å². The number of hydrogen-bond donors (Lipinski definition) is 1. The predicted molar refractivity (Wildman–Crippen MR) is 94.2 cm³/mol. The number of nitrogens with zero attached hydrogens (tertiary/aromatic N) is 1. The maximum absolute atomic E-state index is 12.4. The molecule has 1 aliphatic heterocycles. The van der Waals surface area contributed by atoms with Gasteiger partial charge < -0.3 is 0 Å². The Morgan fingerprint density at radius 1 is 1.09 bits per heavy atom. The molecule has 0 saturated carbocycles. The average molecular weight is 425 g/mol. The number of benzene rings is 2. The van der Waals surface area contributed by atoms with Gasteiger partial charge in [0.15, 0.2) is 0 Å². The number of carbonyl (C=O) groups is 2. The molecule has 0 bridgehead atoms. The molecule has 4 nitrogen and oxygen atoms in total. The van der Waals surface area contributed by atoms with Crippen LogP contribution < -0.4 is 10.4 Å². The van der Waals surface area contributed by atoms with Gasteiger partial charge in [-0.3, -0.25) is 15.0 Å². The lowest BCUT2D eigenvalue weighted by atomic mass is 10.1. The third-order valence-corrected chi connectivity index (χ3v) is 4.06. The summed E-state index contributed by atoms with van der Waals surface area (Å²) >= 11 is 8.01. The normalized spacial score (nSPS) is 16.3. The van der Waals surface area contributed by atoms with Gasteiger partial charge in [-0.1, -0.05) is 23.7 Å². The fraction of sp³-hybridized carbons (Fsp3) is 0. The summed E-state index contributed by atoms with van der Waals surface area (Å²) in [6.07, 6.45) is 1.59. The Bertz CT molecular complexity index is 787. The molecular weight excluding hydrogens is 415 g/mol. The van der Waals surface area contributed by atoms with Crippen molar-refractivity contribution in [3.05, 3.63) is 68.3 Å². The smallest absolute Gasteiger partial charge is 0.267 e. The lowest BCUT2D eigenvalue weighted by Gasteiger charge is -2.14. The summed E-state index contributed by atoms with van der Waals surface area (Å²) in [6.45, 7) is 0. The fourth-order valence-electron chi connectivity index (χ4n) is 2.09. The molecule has 0 atom stereocenters. The molecule has 2 aromatic rings. The molecule has 22 heavy (non-hydrogen) atoms. The lowest BCUT2D eigenvalue weighted by molar-refractivity contribution is -0.117. The first kappa shape index (κ1) is 15.1. The highest BCUT2D eigenvalue weighted by atomic mass is 127. The molecule has 1 aliphatic rings. The number of hydrazine groups is 1. The van der Waals surface area contributed by atoms with E-state index in [4.69, 9.17) is 11.6 Å². The molecule has 2 amide bonds. The van der Waals surface area contributed by atoms with Gasteiger partial charge in [-0.15, -0.1) is 0 Å². The molecule has 0 aromatic heterocycles. The van der Waals surface area contributed by atoms with E-state index in [0.717, 1.165) is 9.13 Å². The maximum atomic E-state index is 12.4. The van der Waals surface area contributed by atoms with E-state index >= 15 is 0 Å². The van der Waals surface area contributed by atoms with E-state index in [1.807, 2.05) is 24.3 Å². The molecule has 1 heterocycles. The number of amides is 2. The summed E-state index contributed by atoms with van der Waals surface area (Å²) in [6, 6.07) is 14.3. The highest BCUT2D eigenvalue weighted by molar-refractivity contribution is 14.1. The summed E-state index contributed by atoms with van der Waals surface area (Å²) < 4.78 is 1.03. The third kappa shape index (κ3) is 3.00. The van der Waals surface area contributed by atoms with Crippen molar-refractivity contribution >= 4 is 57.8 Å². The van der Waals surface area contributed by atoms with Gasteiger partial charge in [0, 0.05) is 8.59 Å². The standard InChI is InChI=1S/C16H10ClIN2O2/c17-11-4-6-13(7-5-11)20-16(22)14(15(21)19-20)9-10-2-1-3-12(18)8-10/h1-9H,(H,19,21). The van der Waals surface area contributed by atoms with Crippen molar-refractivity contribution in [1.82, 2.24) is 5.43 Å². The molecule has 2 aromatic carbocycles. The number of anilines is 1. The van der Waals surface area contributed by atoms with E-state index in [1.54, 1.807) is 30.3 Å². The molecule has 1 saturated heterocycles. The zero-order valence-electron chi connectivity index (χ0n) is 11.2. The largest absolute Gasteiger partial charge is 0.282 e. The Kier molecular flexibility index (Phi) is 4.17. The molecule has 6 heteroatoms. The number of halogens is 2. The van der Waals surface area contributed by atoms with Crippen LogP contribution in [0.4, 0.5) is 5.69 Å². The highest BCUT2D eigenvalue weighted by Gasteiger charge is 2.34. The first-order chi connectivity index (χ1) is 10.5. The van der Waals surface area contributed by atoms with Crippen LogP contribution in [-0.4, -0.2) is 11.8 Å². The van der Waals surface area contributed by atoms with Gasteiger partial charge >= 0.3 is 0 Å². The Morgan fingerprint density at radius 3 is 2.50 bits per heavy atom. The third-order valence-electron chi connectivity index (χ3n) is 3.14. The zero-order valence-corrected chi connectivity index (χ0v) is 14.1. The Morgan fingerprint density at radius 2 is 1.82 bits per heavy atom. The Labute approximate surface area is 145 Å². The predicted octanol–water partition coefficient (Wildman–Crippen LogP) is 3.41. The maximum Gasteiger partial charge on any atom is 0.282 e. The molecule has 1 fully saturated rings. The van der Waals surface area contributed by atoms with Crippen molar-refractivity contribution in [2.75, 3.05) is 5.01 Å². The van der Waals surface area contributed by atoms with Crippen molar-refractivity contribution in [1.29, 1.82) is 0 Å². The van der Waals surface area contributed by atoms with Crippen LogP contribution in [0.5, 0.6) is 0 Å². The van der Waals surface area contributed by atoms with Gasteiger partial charge in [-0.2, -0.15) is 0 Å². The lowest BCUT2D eigenvalue weighted by Crippen LogP contribution is -2.35. The van der Waals surface area contributed by atoms with E-state index < -0.39 is 5.91 Å². The second-order valence-electron chi connectivity index (χ2n) is 4.67.